The van der Waals surface area contributed by atoms with Crippen molar-refractivity contribution in [2.75, 3.05) is 6.16 Å². The number of hydrogen-bond donors (Lipinski definition) is 0. The molecule has 0 saturated heterocycles. The highest BCUT2D eigenvalue weighted by Crippen LogP contribution is 1.93. The Balaban J connectivity index is 3.49. The van der Waals surface area contributed by atoms with Crippen molar-refractivity contribution >= 4 is 9.24 Å². The summed E-state index contributed by atoms with van der Waals surface area (Å²) in [6, 6.07) is 0. The molecular weight excluding hydrogens is 103 g/mol. The summed E-state index contributed by atoms with van der Waals surface area (Å²) in [5.41, 5.74) is 1.25. The van der Waals surface area contributed by atoms with E-state index in [4.69, 9.17) is 0 Å². The second-order valence-corrected chi connectivity index (χ2v) is 1.86. The molecule has 0 aromatic rings. The van der Waals surface area contributed by atoms with Crippen molar-refractivity contribution in [2.24, 2.45) is 0 Å². The minimum absolute atomic E-state index is 1.03. The molecule has 0 radical (unpaired) electrons. The first-order valence-corrected chi connectivity index (χ1v) is 3.12. The fourth-order valence-corrected chi connectivity index (χ4v) is 0.641. The van der Waals surface area contributed by atoms with Crippen molar-refractivity contribution in [2.45, 2.75) is 6.92 Å². The van der Waals surface area contributed by atoms with E-state index in [0.717, 1.165) is 6.16 Å². The van der Waals surface area contributed by atoms with Gasteiger partial charge >= 0.3 is 0 Å². The molecule has 0 aliphatic heterocycles. The Labute approximate surface area is 47.5 Å². The van der Waals surface area contributed by atoms with E-state index in [2.05, 4.69) is 21.9 Å². The molecule has 0 saturated carbocycles. The van der Waals surface area contributed by atoms with Crippen LogP contribution in [-0.4, -0.2) is 6.16 Å². The van der Waals surface area contributed by atoms with Gasteiger partial charge in [0.25, 0.3) is 0 Å². The maximum atomic E-state index is 3.60. The van der Waals surface area contributed by atoms with E-state index in [-0.39, 0.29) is 0 Å². The molecule has 1 unspecified atom stereocenters. The molecule has 0 heterocycles. The Bertz CT molecular complexity index is 82.2. The van der Waals surface area contributed by atoms with Crippen molar-refractivity contribution in [3.63, 3.8) is 0 Å². The van der Waals surface area contributed by atoms with Gasteiger partial charge in [-0.15, -0.1) is 9.24 Å². The maximum Gasteiger partial charge on any atom is -0.0194 e. The molecule has 40 valence electrons. The standard InChI is InChI=1S/C6H11P/c1-3-6(2)4-5-7/h3-4H,1,5,7H2,2H3/b6-4-. The minimum Gasteiger partial charge on any atom is -0.134 e. The van der Waals surface area contributed by atoms with Crippen molar-refractivity contribution < 1.29 is 0 Å². The Kier molecular flexibility index (Phi) is 4.03. The van der Waals surface area contributed by atoms with Crippen molar-refractivity contribution in [1.82, 2.24) is 0 Å². The molecule has 0 aromatic heterocycles. The Hall–Kier alpha value is -0.0900. The highest BCUT2D eigenvalue weighted by Gasteiger charge is 1.71. The second kappa shape index (κ2) is 4.08. The third-order valence-corrected chi connectivity index (χ3v) is 0.998. The van der Waals surface area contributed by atoms with Crippen LogP contribution in [-0.2, 0) is 0 Å². The average molecular weight is 114 g/mol. The highest BCUT2D eigenvalue weighted by atomic mass is 31.0. The molecule has 0 amide bonds. The lowest BCUT2D eigenvalue weighted by Crippen LogP contribution is -1.65. The molecule has 0 fully saturated rings. The van der Waals surface area contributed by atoms with Crippen LogP contribution in [0.15, 0.2) is 24.3 Å². The highest BCUT2D eigenvalue weighted by molar-refractivity contribution is 7.16. The Morgan fingerprint density at radius 2 is 2.43 bits per heavy atom. The summed E-state index contributed by atoms with van der Waals surface area (Å²) < 4.78 is 0. The second-order valence-electron chi connectivity index (χ2n) is 1.39. The predicted molar refractivity (Wildman–Crippen MR) is 38.5 cm³/mol. The maximum absolute atomic E-state index is 3.60. The normalized spacial score (nSPS) is 11.4. The molecular formula is C6H11P. The van der Waals surface area contributed by atoms with E-state index >= 15 is 0 Å². The molecule has 0 rings (SSSR count). The third kappa shape index (κ3) is 3.75. The summed E-state index contributed by atoms with van der Waals surface area (Å²) in [6.45, 7) is 5.64. The molecule has 1 atom stereocenters. The smallest absolute Gasteiger partial charge is 0.0194 e. The van der Waals surface area contributed by atoms with Crippen molar-refractivity contribution in [1.29, 1.82) is 0 Å². The van der Waals surface area contributed by atoms with Crippen LogP contribution >= 0.6 is 9.24 Å². The van der Waals surface area contributed by atoms with E-state index in [1.807, 2.05) is 13.0 Å². The number of allylic oxidation sites excluding steroid dienone is 3. The topological polar surface area (TPSA) is 0 Å². The van der Waals surface area contributed by atoms with Gasteiger partial charge in [-0.05, 0) is 13.1 Å². The summed E-state index contributed by atoms with van der Waals surface area (Å²) in [6.07, 6.45) is 4.99. The predicted octanol–water partition coefficient (Wildman–Crippen LogP) is 1.99. The van der Waals surface area contributed by atoms with Gasteiger partial charge in [-0.1, -0.05) is 24.3 Å². The largest absolute Gasteiger partial charge is 0.134 e. The van der Waals surface area contributed by atoms with Crippen molar-refractivity contribution in [3.8, 4) is 0 Å². The summed E-state index contributed by atoms with van der Waals surface area (Å²) in [5, 5.41) is 0. The lowest BCUT2D eigenvalue weighted by Gasteiger charge is -1.83. The number of rotatable bonds is 2. The minimum atomic E-state index is 1.03. The van der Waals surface area contributed by atoms with Gasteiger partial charge < -0.3 is 0 Å². The van der Waals surface area contributed by atoms with Crippen LogP contribution in [0.1, 0.15) is 6.92 Å². The third-order valence-electron chi connectivity index (χ3n) is 0.762. The van der Waals surface area contributed by atoms with Gasteiger partial charge in [-0.25, -0.2) is 0 Å². The molecule has 0 N–H and O–H groups in total. The van der Waals surface area contributed by atoms with Gasteiger partial charge in [0.1, 0.15) is 0 Å². The molecule has 0 aliphatic rings. The zero-order valence-electron chi connectivity index (χ0n) is 4.65. The van der Waals surface area contributed by atoms with Gasteiger partial charge in [0, 0.05) is 0 Å². The van der Waals surface area contributed by atoms with E-state index in [1.165, 1.54) is 5.57 Å². The van der Waals surface area contributed by atoms with E-state index in [9.17, 15) is 0 Å². The Morgan fingerprint density at radius 1 is 1.86 bits per heavy atom. The van der Waals surface area contributed by atoms with E-state index in [0.29, 0.717) is 0 Å². The SMILES string of the molecule is C=C/C(C)=C\CP. The quantitative estimate of drug-likeness (QED) is 0.380. The molecule has 7 heavy (non-hydrogen) atoms. The first kappa shape index (κ1) is 6.91. The first-order chi connectivity index (χ1) is 3.31. The summed E-state index contributed by atoms with van der Waals surface area (Å²) >= 11 is 0. The zero-order chi connectivity index (χ0) is 5.70. The van der Waals surface area contributed by atoms with Gasteiger partial charge in [-0.2, -0.15) is 0 Å². The number of hydrogen-bond acceptors (Lipinski definition) is 0. The van der Waals surface area contributed by atoms with Crippen LogP contribution in [0, 0.1) is 0 Å². The van der Waals surface area contributed by atoms with Gasteiger partial charge in [0.2, 0.25) is 0 Å². The van der Waals surface area contributed by atoms with Gasteiger partial charge in [-0.3, -0.25) is 0 Å². The fourth-order valence-electron chi connectivity index (χ4n) is 0.269. The fraction of sp³-hybridized carbons (Fsp3) is 0.333. The van der Waals surface area contributed by atoms with Crippen LogP contribution in [0.2, 0.25) is 0 Å². The molecule has 0 bridgehead atoms. The molecule has 0 aromatic carbocycles. The first-order valence-electron chi connectivity index (χ1n) is 2.30. The van der Waals surface area contributed by atoms with Crippen LogP contribution < -0.4 is 0 Å². The molecule has 0 spiro atoms. The zero-order valence-corrected chi connectivity index (χ0v) is 5.80. The molecule has 0 aliphatic carbocycles. The van der Waals surface area contributed by atoms with Crippen LogP contribution in [0.25, 0.3) is 0 Å². The average Bonchev–Trinajstić information content (AvgIpc) is 1.68. The van der Waals surface area contributed by atoms with Crippen LogP contribution in [0.4, 0.5) is 0 Å². The lowest BCUT2D eigenvalue weighted by atomic mass is 10.3. The van der Waals surface area contributed by atoms with E-state index < -0.39 is 0 Å². The summed E-state index contributed by atoms with van der Waals surface area (Å²) in [7, 11) is 2.63. The summed E-state index contributed by atoms with van der Waals surface area (Å²) in [4.78, 5) is 0. The van der Waals surface area contributed by atoms with Crippen LogP contribution in [0.3, 0.4) is 0 Å². The Morgan fingerprint density at radius 3 is 2.57 bits per heavy atom. The van der Waals surface area contributed by atoms with Crippen molar-refractivity contribution in [3.05, 3.63) is 24.3 Å². The molecule has 0 nitrogen and oxygen atoms in total. The lowest BCUT2D eigenvalue weighted by molar-refractivity contribution is 1.50. The van der Waals surface area contributed by atoms with Gasteiger partial charge in [0.05, 0.1) is 0 Å². The van der Waals surface area contributed by atoms with E-state index in [1.54, 1.807) is 0 Å². The molecule has 1 heteroatoms. The summed E-state index contributed by atoms with van der Waals surface area (Å²) in [5.74, 6) is 0. The van der Waals surface area contributed by atoms with Gasteiger partial charge in [0.15, 0.2) is 0 Å². The van der Waals surface area contributed by atoms with Crippen LogP contribution in [0.5, 0.6) is 0 Å². The monoisotopic (exact) mass is 114 g/mol.